The van der Waals surface area contributed by atoms with Crippen LogP contribution in [0.5, 0.6) is 0 Å². The molecule has 0 saturated carbocycles. The van der Waals surface area contributed by atoms with E-state index in [1.165, 1.54) is 6.42 Å². The van der Waals surface area contributed by atoms with Crippen molar-refractivity contribution in [1.82, 2.24) is 4.72 Å². The van der Waals surface area contributed by atoms with Crippen LogP contribution in [0.1, 0.15) is 12.0 Å². The second-order valence-corrected chi connectivity index (χ2v) is 7.84. The predicted octanol–water partition coefficient (Wildman–Crippen LogP) is 1.44. The van der Waals surface area contributed by atoms with Gasteiger partial charge in [0.15, 0.2) is 0 Å². The van der Waals surface area contributed by atoms with E-state index < -0.39 is 15.3 Å². The largest absolute Gasteiger partial charge is 0.355 e. The van der Waals surface area contributed by atoms with Crippen molar-refractivity contribution in [2.24, 2.45) is 10.7 Å². The Morgan fingerprint density at radius 2 is 1.76 bits per heavy atom. The fourth-order valence-corrected chi connectivity index (χ4v) is 3.23. The third kappa shape index (κ3) is 5.32. The van der Waals surface area contributed by atoms with E-state index in [9.17, 15) is 18.0 Å². The molecule has 2 amide bonds. The van der Waals surface area contributed by atoms with Gasteiger partial charge in [0.25, 0.3) is 0 Å². The number of nitrogens with one attached hydrogen (secondary N) is 2. The van der Waals surface area contributed by atoms with Crippen LogP contribution in [-0.2, 0) is 14.8 Å². The van der Waals surface area contributed by atoms with Gasteiger partial charge in [0, 0.05) is 24.5 Å². The van der Waals surface area contributed by atoms with Crippen LogP contribution in [0.2, 0.25) is 0 Å². The monoisotopic (exact) mass is 414 g/mol. The molecular formula is C19H20N5O4S. The van der Waals surface area contributed by atoms with Crippen molar-refractivity contribution in [3.05, 3.63) is 66.6 Å². The number of guanidine groups is 1. The van der Waals surface area contributed by atoms with Crippen molar-refractivity contribution in [2.45, 2.75) is 6.42 Å². The van der Waals surface area contributed by atoms with Crippen LogP contribution < -0.4 is 20.7 Å². The molecule has 2 aromatic carbocycles. The number of benzene rings is 2. The first-order chi connectivity index (χ1) is 13.8. The van der Waals surface area contributed by atoms with Gasteiger partial charge in [-0.3, -0.25) is 14.6 Å². The molecule has 2 aromatic rings. The van der Waals surface area contributed by atoms with Gasteiger partial charge in [0.05, 0.1) is 6.42 Å². The molecular weight excluding hydrogens is 394 g/mol. The molecule has 1 radical (unpaired) electrons. The number of hydrogen-bond acceptors (Lipinski definition) is 6. The summed E-state index contributed by atoms with van der Waals surface area (Å²) < 4.78 is 25.6. The Labute approximate surface area is 168 Å². The van der Waals surface area contributed by atoms with Crippen LogP contribution in [-0.4, -0.2) is 38.6 Å². The number of carbonyl (C=O) groups is 2. The maximum Gasteiger partial charge on any atom is 0.354 e. The van der Waals surface area contributed by atoms with Crippen LogP contribution in [0, 0.1) is 6.42 Å². The molecule has 1 aliphatic heterocycles. The van der Waals surface area contributed by atoms with Crippen molar-refractivity contribution < 1.29 is 18.0 Å². The molecule has 0 atom stereocenters. The van der Waals surface area contributed by atoms with Crippen molar-refractivity contribution in [1.29, 1.82) is 0 Å². The zero-order valence-electron chi connectivity index (χ0n) is 15.4. The molecule has 151 valence electrons. The average molecular weight is 414 g/mol. The lowest BCUT2D eigenvalue weighted by Crippen LogP contribution is -2.49. The highest BCUT2D eigenvalue weighted by Gasteiger charge is 2.25. The van der Waals surface area contributed by atoms with Crippen LogP contribution in [0.4, 0.5) is 16.2 Å². The fourth-order valence-electron chi connectivity index (χ4n) is 2.72. The molecule has 0 aliphatic carbocycles. The van der Waals surface area contributed by atoms with Gasteiger partial charge in [-0.1, -0.05) is 30.3 Å². The Balaban J connectivity index is 1.68. The highest BCUT2D eigenvalue weighted by Crippen LogP contribution is 2.21. The zero-order chi connectivity index (χ0) is 20.9. The number of sulfonamides is 1. The van der Waals surface area contributed by atoms with E-state index in [1.807, 2.05) is 30.3 Å². The summed E-state index contributed by atoms with van der Waals surface area (Å²) in [6.45, 7) is 0.935. The lowest BCUT2D eigenvalue weighted by Gasteiger charge is -2.29. The Kier molecular flexibility index (Phi) is 6.13. The minimum Gasteiger partial charge on any atom is -0.355 e. The van der Waals surface area contributed by atoms with E-state index >= 15 is 0 Å². The number of anilines is 2. The molecule has 29 heavy (non-hydrogen) atoms. The molecule has 9 nitrogen and oxygen atoms in total. The first-order valence-electron chi connectivity index (χ1n) is 8.80. The molecule has 3 rings (SSSR count). The third-order valence-electron chi connectivity index (χ3n) is 4.09. The number of carbonyl (C=O) groups excluding carboxylic acids is 2. The average Bonchev–Trinajstić information content (AvgIpc) is 2.69. The van der Waals surface area contributed by atoms with Crippen molar-refractivity contribution in [3.8, 4) is 0 Å². The second-order valence-electron chi connectivity index (χ2n) is 6.23. The van der Waals surface area contributed by atoms with E-state index in [-0.39, 0.29) is 11.9 Å². The minimum absolute atomic E-state index is 0.0317. The normalized spacial score (nSPS) is 14.1. The molecule has 0 unspecified atom stereocenters. The van der Waals surface area contributed by atoms with Crippen molar-refractivity contribution in [2.75, 3.05) is 23.3 Å². The molecule has 0 saturated heterocycles. The van der Waals surface area contributed by atoms with Gasteiger partial charge in [-0.05, 0) is 36.2 Å². The van der Waals surface area contributed by atoms with Crippen molar-refractivity contribution >= 4 is 38.5 Å². The van der Waals surface area contributed by atoms with E-state index in [1.54, 1.807) is 29.2 Å². The maximum absolute atomic E-state index is 12.1. The summed E-state index contributed by atoms with van der Waals surface area (Å²) in [6.07, 6.45) is 2.20. The first kappa shape index (κ1) is 20.3. The Bertz CT molecular complexity index is 1020. The highest BCUT2D eigenvalue weighted by atomic mass is 32.2. The number of rotatable bonds is 4. The summed E-state index contributed by atoms with van der Waals surface area (Å²) in [5.74, 6) is -0.234. The Morgan fingerprint density at radius 1 is 1.07 bits per heavy atom. The van der Waals surface area contributed by atoms with Crippen LogP contribution in [0.3, 0.4) is 0 Å². The molecule has 1 heterocycles. The summed E-state index contributed by atoms with van der Waals surface area (Å²) in [4.78, 5) is 29.0. The van der Waals surface area contributed by atoms with Gasteiger partial charge in [-0.25, -0.2) is 4.72 Å². The van der Waals surface area contributed by atoms with Gasteiger partial charge >= 0.3 is 15.3 Å². The van der Waals surface area contributed by atoms with E-state index in [0.29, 0.717) is 30.9 Å². The number of aliphatic imine (C=N–C) groups is 1. The third-order valence-corrected chi connectivity index (χ3v) is 5.07. The molecule has 0 fully saturated rings. The number of nitrogens with two attached hydrogens (primary N) is 1. The topological polar surface area (TPSA) is 134 Å². The summed E-state index contributed by atoms with van der Waals surface area (Å²) in [6, 6.07) is 16.0. The number of hydrogen-bond donors (Lipinski definition) is 3. The number of nitrogens with zero attached hydrogens (tertiary/aromatic N) is 2. The second kappa shape index (κ2) is 8.74. The molecule has 0 spiro atoms. The molecule has 4 N–H and O–H groups in total. The van der Waals surface area contributed by atoms with Gasteiger partial charge in [0.2, 0.25) is 11.9 Å². The lowest BCUT2D eigenvalue weighted by molar-refractivity contribution is -0.112. The van der Waals surface area contributed by atoms with Crippen LogP contribution >= 0.6 is 0 Å². The molecule has 1 aliphatic rings. The summed E-state index contributed by atoms with van der Waals surface area (Å²) in [7, 11) is -4.34. The van der Waals surface area contributed by atoms with E-state index in [2.05, 4.69) is 15.0 Å². The van der Waals surface area contributed by atoms with Gasteiger partial charge in [-0.15, -0.1) is 0 Å². The standard InChI is InChI=1S/C19H20N5O4S/c20-18(26)29(27,28)23-19-21-11-4-12-24(19)16-9-7-15(8-10-16)22-17(25)13-14-5-2-1-3-6-14/h1-3,5-10,13H,4,11-12H2,(H2,20,26)(H,21,23)(H,22,25). The molecule has 0 bridgehead atoms. The molecule has 0 aromatic heterocycles. The number of primary amides is 1. The van der Waals surface area contributed by atoms with E-state index in [4.69, 9.17) is 5.73 Å². The highest BCUT2D eigenvalue weighted by molar-refractivity contribution is 8.04. The summed E-state index contributed by atoms with van der Waals surface area (Å²) >= 11 is 0. The van der Waals surface area contributed by atoms with Crippen LogP contribution in [0.25, 0.3) is 0 Å². The molecule has 10 heteroatoms. The fraction of sp³-hybridized carbons (Fsp3) is 0.158. The van der Waals surface area contributed by atoms with Crippen LogP contribution in [0.15, 0.2) is 59.6 Å². The van der Waals surface area contributed by atoms with Gasteiger partial charge < -0.3 is 16.0 Å². The SMILES string of the molecule is NC(=O)S(=O)(=O)NC1=NCCCN1c1ccc(NC(=O)[CH]c2ccccc2)cc1. The lowest BCUT2D eigenvalue weighted by atomic mass is 10.1. The Morgan fingerprint density at radius 3 is 2.41 bits per heavy atom. The Hall–Kier alpha value is -3.40. The maximum atomic E-state index is 12.1. The first-order valence-corrected chi connectivity index (χ1v) is 10.3. The minimum atomic E-state index is -4.34. The summed E-state index contributed by atoms with van der Waals surface area (Å²) in [5.41, 5.74) is 6.91. The van der Waals surface area contributed by atoms with E-state index in [0.717, 1.165) is 5.56 Å². The summed E-state index contributed by atoms with van der Waals surface area (Å²) in [5, 5.41) is 1.30. The van der Waals surface area contributed by atoms with Gasteiger partial charge in [0.1, 0.15) is 0 Å². The quantitative estimate of drug-likeness (QED) is 0.696. The smallest absolute Gasteiger partial charge is 0.354 e. The number of amides is 2. The van der Waals surface area contributed by atoms with Crippen molar-refractivity contribution in [3.63, 3.8) is 0 Å². The zero-order valence-corrected chi connectivity index (χ0v) is 16.2. The predicted molar refractivity (Wildman–Crippen MR) is 111 cm³/mol. The van der Waals surface area contributed by atoms with Gasteiger partial charge in [-0.2, -0.15) is 8.42 Å².